The summed E-state index contributed by atoms with van der Waals surface area (Å²) >= 11 is 0. The Bertz CT molecular complexity index is 579. The number of anilines is 1. The maximum Gasteiger partial charge on any atom is 0.229 e. The molecule has 4 unspecified atom stereocenters. The lowest BCUT2D eigenvalue weighted by Gasteiger charge is -2.27. The third kappa shape index (κ3) is 2.52. The summed E-state index contributed by atoms with van der Waals surface area (Å²) in [5, 5.41) is 2.99. The molecule has 4 rings (SSSR count). The van der Waals surface area contributed by atoms with E-state index in [1.165, 1.54) is 6.42 Å². The van der Waals surface area contributed by atoms with Crippen LogP contribution in [0, 0.1) is 17.8 Å². The van der Waals surface area contributed by atoms with E-state index >= 15 is 0 Å². The molecule has 2 bridgehead atoms. The Morgan fingerprint density at radius 1 is 1.14 bits per heavy atom. The van der Waals surface area contributed by atoms with Crippen molar-refractivity contribution >= 4 is 24.0 Å². The molecule has 22 heavy (non-hydrogen) atoms. The molecule has 0 radical (unpaired) electrons. The zero-order valence-corrected chi connectivity index (χ0v) is 13.1. The average Bonchev–Trinajstić information content (AvgIpc) is 3.08. The van der Waals surface area contributed by atoms with E-state index in [0.717, 1.165) is 24.3 Å². The molecule has 0 saturated heterocycles. The van der Waals surface area contributed by atoms with Crippen LogP contribution in [0.5, 0.6) is 11.5 Å². The number of fused-ring (bicyclic) bond motifs is 3. The molecule has 1 amide bonds. The van der Waals surface area contributed by atoms with Gasteiger partial charge in [0.05, 0.1) is 5.92 Å². The number of carbonyl (C=O) groups excluding carboxylic acids is 1. The smallest absolute Gasteiger partial charge is 0.229 e. The van der Waals surface area contributed by atoms with E-state index in [2.05, 4.69) is 5.32 Å². The Kier molecular flexibility index (Phi) is 4.19. The topological polar surface area (TPSA) is 73.6 Å². The standard InChI is InChI=1S/C16H20N2O3.ClH/c17-15-10-2-1-9(7-10)14(15)16(19)18-11-3-4-12-13(8-11)21-6-5-20-12;/h3-4,8-10,14-15H,1-2,5-7,17H2,(H,18,19);1H. The molecule has 6 heteroatoms. The maximum absolute atomic E-state index is 12.5. The number of hydrogen-bond acceptors (Lipinski definition) is 4. The van der Waals surface area contributed by atoms with Crippen LogP contribution in [-0.2, 0) is 4.79 Å². The summed E-state index contributed by atoms with van der Waals surface area (Å²) in [7, 11) is 0. The van der Waals surface area contributed by atoms with Crippen LogP contribution < -0.4 is 20.5 Å². The van der Waals surface area contributed by atoms with Gasteiger partial charge < -0.3 is 20.5 Å². The number of amides is 1. The van der Waals surface area contributed by atoms with Crippen LogP contribution in [0.4, 0.5) is 5.69 Å². The fourth-order valence-electron chi connectivity index (χ4n) is 4.07. The van der Waals surface area contributed by atoms with Crippen molar-refractivity contribution in [2.75, 3.05) is 18.5 Å². The molecule has 2 fully saturated rings. The number of carbonyl (C=O) groups is 1. The van der Waals surface area contributed by atoms with Gasteiger partial charge in [0.15, 0.2) is 11.5 Å². The highest BCUT2D eigenvalue weighted by molar-refractivity contribution is 5.94. The van der Waals surface area contributed by atoms with Crippen molar-refractivity contribution in [1.29, 1.82) is 0 Å². The third-order valence-electron chi connectivity index (χ3n) is 5.09. The van der Waals surface area contributed by atoms with Crippen molar-refractivity contribution in [2.24, 2.45) is 23.5 Å². The predicted octanol–water partition coefficient (Wildman–Crippen LogP) is 2.19. The van der Waals surface area contributed by atoms with Crippen molar-refractivity contribution < 1.29 is 14.3 Å². The molecule has 2 aliphatic carbocycles. The van der Waals surface area contributed by atoms with Gasteiger partial charge in [-0.2, -0.15) is 0 Å². The highest BCUT2D eigenvalue weighted by atomic mass is 35.5. The van der Waals surface area contributed by atoms with Gasteiger partial charge in [-0.1, -0.05) is 0 Å². The molecule has 0 spiro atoms. The van der Waals surface area contributed by atoms with E-state index in [4.69, 9.17) is 15.2 Å². The molecule has 0 aromatic heterocycles. The van der Waals surface area contributed by atoms with Gasteiger partial charge >= 0.3 is 0 Å². The summed E-state index contributed by atoms with van der Waals surface area (Å²) in [5.41, 5.74) is 6.97. The van der Waals surface area contributed by atoms with Crippen LogP contribution in [0.3, 0.4) is 0 Å². The summed E-state index contributed by atoms with van der Waals surface area (Å²) in [6.07, 6.45) is 3.43. The molecule has 3 N–H and O–H groups in total. The first kappa shape index (κ1) is 15.4. The number of nitrogens with one attached hydrogen (secondary N) is 1. The summed E-state index contributed by atoms with van der Waals surface area (Å²) in [6, 6.07) is 5.53. The van der Waals surface area contributed by atoms with Crippen molar-refractivity contribution in [3.63, 3.8) is 0 Å². The Morgan fingerprint density at radius 2 is 1.86 bits per heavy atom. The predicted molar refractivity (Wildman–Crippen MR) is 85.6 cm³/mol. The first-order valence-electron chi connectivity index (χ1n) is 7.68. The largest absolute Gasteiger partial charge is 0.486 e. The molecule has 120 valence electrons. The lowest BCUT2D eigenvalue weighted by molar-refractivity contribution is -0.121. The van der Waals surface area contributed by atoms with E-state index in [1.807, 2.05) is 18.2 Å². The second-order valence-corrected chi connectivity index (χ2v) is 6.28. The van der Waals surface area contributed by atoms with Gasteiger partial charge in [0.2, 0.25) is 5.91 Å². The van der Waals surface area contributed by atoms with Crippen LogP contribution in [-0.4, -0.2) is 25.2 Å². The molecule has 2 saturated carbocycles. The number of halogens is 1. The normalized spacial score (nSPS) is 31.5. The second kappa shape index (κ2) is 5.97. The molecular weight excluding hydrogens is 304 g/mol. The van der Waals surface area contributed by atoms with Crippen molar-refractivity contribution in [3.8, 4) is 11.5 Å². The van der Waals surface area contributed by atoms with Gasteiger partial charge in [0, 0.05) is 17.8 Å². The Morgan fingerprint density at radius 3 is 2.59 bits per heavy atom. The Hall–Kier alpha value is -1.46. The monoisotopic (exact) mass is 324 g/mol. The van der Waals surface area contributed by atoms with Gasteiger partial charge in [-0.15, -0.1) is 12.4 Å². The van der Waals surface area contributed by atoms with Crippen LogP contribution in [0.15, 0.2) is 18.2 Å². The minimum Gasteiger partial charge on any atom is -0.486 e. The average molecular weight is 325 g/mol. The van der Waals surface area contributed by atoms with Crippen molar-refractivity contribution in [2.45, 2.75) is 25.3 Å². The number of rotatable bonds is 2. The molecule has 1 aromatic rings. The van der Waals surface area contributed by atoms with Gasteiger partial charge in [-0.3, -0.25) is 4.79 Å². The molecule has 5 nitrogen and oxygen atoms in total. The van der Waals surface area contributed by atoms with Crippen LogP contribution in [0.1, 0.15) is 19.3 Å². The zero-order valence-electron chi connectivity index (χ0n) is 12.3. The molecular formula is C16H21ClN2O3. The minimum atomic E-state index is -0.0445. The van der Waals surface area contributed by atoms with E-state index in [0.29, 0.717) is 30.8 Å². The third-order valence-corrected chi connectivity index (χ3v) is 5.09. The van der Waals surface area contributed by atoms with Gasteiger partial charge in [-0.25, -0.2) is 0 Å². The molecule has 4 atom stereocenters. The van der Waals surface area contributed by atoms with Crippen LogP contribution in [0.2, 0.25) is 0 Å². The number of benzene rings is 1. The molecule has 1 aliphatic heterocycles. The van der Waals surface area contributed by atoms with Gasteiger partial charge in [-0.05, 0) is 43.2 Å². The fourth-order valence-corrected chi connectivity index (χ4v) is 4.07. The maximum atomic E-state index is 12.5. The van der Waals surface area contributed by atoms with E-state index in [1.54, 1.807) is 0 Å². The van der Waals surface area contributed by atoms with Crippen molar-refractivity contribution in [1.82, 2.24) is 0 Å². The zero-order chi connectivity index (χ0) is 14.4. The van der Waals surface area contributed by atoms with E-state index in [9.17, 15) is 4.79 Å². The quantitative estimate of drug-likeness (QED) is 0.874. The summed E-state index contributed by atoms with van der Waals surface area (Å²) < 4.78 is 11.0. The van der Waals surface area contributed by atoms with Crippen LogP contribution >= 0.6 is 12.4 Å². The molecule has 1 heterocycles. The minimum absolute atomic E-state index is 0. The number of hydrogen-bond donors (Lipinski definition) is 2. The van der Waals surface area contributed by atoms with E-state index in [-0.39, 0.29) is 30.3 Å². The second-order valence-electron chi connectivity index (χ2n) is 6.28. The molecule has 3 aliphatic rings. The molecule has 1 aromatic carbocycles. The van der Waals surface area contributed by atoms with E-state index < -0.39 is 0 Å². The fraction of sp³-hybridized carbons (Fsp3) is 0.562. The Balaban J connectivity index is 0.00000144. The van der Waals surface area contributed by atoms with Crippen LogP contribution in [0.25, 0.3) is 0 Å². The number of nitrogens with two attached hydrogens (primary N) is 1. The summed E-state index contributed by atoms with van der Waals surface area (Å²) in [5.74, 6) is 2.42. The Labute approximate surface area is 135 Å². The first-order chi connectivity index (χ1) is 10.2. The van der Waals surface area contributed by atoms with Gasteiger partial charge in [0.1, 0.15) is 13.2 Å². The SMILES string of the molecule is Cl.NC1C2CCC(C2)C1C(=O)Nc1ccc2c(c1)OCCO2. The van der Waals surface area contributed by atoms with Gasteiger partial charge in [0.25, 0.3) is 0 Å². The summed E-state index contributed by atoms with van der Waals surface area (Å²) in [6.45, 7) is 1.11. The lowest BCUT2D eigenvalue weighted by Crippen LogP contribution is -2.42. The lowest BCUT2D eigenvalue weighted by atomic mass is 9.84. The highest BCUT2D eigenvalue weighted by Crippen LogP contribution is 2.48. The first-order valence-corrected chi connectivity index (χ1v) is 7.68. The summed E-state index contributed by atoms with van der Waals surface area (Å²) in [4.78, 5) is 12.5. The highest BCUT2D eigenvalue weighted by Gasteiger charge is 2.49. The van der Waals surface area contributed by atoms with Crippen molar-refractivity contribution in [3.05, 3.63) is 18.2 Å². The number of ether oxygens (including phenoxy) is 2.